The lowest BCUT2D eigenvalue weighted by atomic mass is 10.1. The Morgan fingerprint density at radius 3 is 2.55 bits per heavy atom. The molecule has 9 nitrogen and oxygen atoms in total. The monoisotopic (exact) mass is 673 g/mol. The first-order valence-electron chi connectivity index (χ1n) is 12.2. The zero-order chi connectivity index (χ0) is 29.0. The number of rotatable bonds is 8. The minimum atomic E-state index is -0.873. The van der Waals surface area contributed by atoms with E-state index >= 15 is 0 Å². The Bertz CT molecular complexity index is 1550. The van der Waals surface area contributed by atoms with Gasteiger partial charge in [-0.15, -0.1) is 0 Å². The Morgan fingerprint density at radius 1 is 1.07 bits per heavy atom. The zero-order valence-electron chi connectivity index (χ0n) is 21.8. The predicted octanol–water partition coefficient (Wildman–Crippen LogP) is 5.64. The third kappa shape index (κ3) is 6.62. The first kappa shape index (κ1) is 29.1. The number of barbiturate groups is 1. The van der Waals surface area contributed by atoms with Crippen LogP contribution >= 0.6 is 34.2 Å². The van der Waals surface area contributed by atoms with Gasteiger partial charge in [-0.1, -0.05) is 35.4 Å². The number of imide groups is 2. The number of hydrogen-bond acceptors (Lipinski definition) is 6. The number of nitrogens with zero attached hydrogens (tertiary/aromatic N) is 1. The molecule has 2 N–H and O–H groups in total. The molecule has 40 heavy (non-hydrogen) atoms. The van der Waals surface area contributed by atoms with Crippen molar-refractivity contribution < 1.29 is 28.7 Å². The molecule has 1 aliphatic rings. The van der Waals surface area contributed by atoms with Crippen LogP contribution in [0.2, 0.25) is 5.02 Å². The Labute approximate surface area is 249 Å². The minimum Gasteiger partial charge on any atom is -0.490 e. The van der Waals surface area contributed by atoms with E-state index in [1.165, 1.54) is 18.2 Å². The molecular formula is C29H25ClIN3O6. The fourth-order valence-corrected chi connectivity index (χ4v) is 4.99. The van der Waals surface area contributed by atoms with E-state index in [0.717, 1.165) is 16.0 Å². The predicted molar refractivity (Wildman–Crippen MR) is 161 cm³/mol. The summed E-state index contributed by atoms with van der Waals surface area (Å²) in [4.78, 5) is 51.8. The van der Waals surface area contributed by atoms with Gasteiger partial charge in [0, 0.05) is 10.7 Å². The van der Waals surface area contributed by atoms with Gasteiger partial charge in [0.25, 0.3) is 17.7 Å². The van der Waals surface area contributed by atoms with Gasteiger partial charge in [0.1, 0.15) is 5.57 Å². The molecular weight excluding hydrogens is 649 g/mol. The van der Waals surface area contributed by atoms with Crippen LogP contribution in [-0.4, -0.2) is 37.0 Å². The molecule has 0 bridgehead atoms. The van der Waals surface area contributed by atoms with Crippen molar-refractivity contribution in [1.82, 2.24) is 5.32 Å². The summed E-state index contributed by atoms with van der Waals surface area (Å²) < 4.78 is 12.2. The quantitative estimate of drug-likeness (QED) is 0.182. The smallest absolute Gasteiger partial charge is 0.335 e. The molecule has 4 rings (SSSR count). The standard InChI is InChI=1S/C29H25ClIN3O6/c1-4-39-24-13-18(11-21-27(36)33-29(38)34(28(21)37)20-7-5-6-19(30)14-20)12-22(31)26(24)40-15-25(35)32-23-9-8-16(2)10-17(23)3/h5-14H,4,15H2,1-3H3,(H,32,35)(H,33,36,38)/b21-11+. The van der Waals surface area contributed by atoms with Crippen LogP contribution in [0.1, 0.15) is 23.6 Å². The maximum absolute atomic E-state index is 13.2. The first-order valence-corrected chi connectivity index (χ1v) is 13.7. The summed E-state index contributed by atoms with van der Waals surface area (Å²) in [5, 5.41) is 5.35. The summed E-state index contributed by atoms with van der Waals surface area (Å²) in [6.07, 6.45) is 1.36. The molecule has 0 aliphatic carbocycles. The molecule has 5 amide bonds. The van der Waals surface area contributed by atoms with E-state index in [9.17, 15) is 19.2 Å². The van der Waals surface area contributed by atoms with Crippen molar-refractivity contribution in [1.29, 1.82) is 0 Å². The van der Waals surface area contributed by atoms with Crippen molar-refractivity contribution in [2.24, 2.45) is 0 Å². The van der Waals surface area contributed by atoms with Crippen molar-refractivity contribution >= 4 is 75.4 Å². The second-order valence-electron chi connectivity index (χ2n) is 8.86. The average molecular weight is 674 g/mol. The summed E-state index contributed by atoms with van der Waals surface area (Å²) in [5.74, 6) is -1.30. The highest BCUT2D eigenvalue weighted by Gasteiger charge is 2.37. The van der Waals surface area contributed by atoms with Crippen LogP contribution in [0.3, 0.4) is 0 Å². The van der Waals surface area contributed by atoms with E-state index in [0.29, 0.717) is 37.9 Å². The summed E-state index contributed by atoms with van der Waals surface area (Å²) in [6.45, 7) is 5.72. The molecule has 1 aliphatic heterocycles. The van der Waals surface area contributed by atoms with Crippen LogP contribution in [0.25, 0.3) is 6.08 Å². The lowest BCUT2D eigenvalue weighted by Gasteiger charge is -2.26. The molecule has 0 saturated carbocycles. The second-order valence-corrected chi connectivity index (χ2v) is 10.5. The lowest BCUT2D eigenvalue weighted by Crippen LogP contribution is -2.54. The molecule has 1 fully saturated rings. The van der Waals surface area contributed by atoms with E-state index in [1.54, 1.807) is 31.2 Å². The molecule has 0 aromatic heterocycles. The van der Waals surface area contributed by atoms with E-state index in [1.807, 2.05) is 54.6 Å². The molecule has 1 heterocycles. The number of carbonyl (C=O) groups is 4. The van der Waals surface area contributed by atoms with Crippen LogP contribution in [-0.2, 0) is 14.4 Å². The third-order valence-corrected chi connectivity index (χ3v) is 6.85. The molecule has 0 unspecified atom stereocenters. The Balaban J connectivity index is 1.58. The van der Waals surface area contributed by atoms with Crippen molar-refractivity contribution in [3.8, 4) is 11.5 Å². The van der Waals surface area contributed by atoms with E-state index in [4.69, 9.17) is 21.1 Å². The first-order chi connectivity index (χ1) is 19.1. The summed E-state index contributed by atoms with van der Waals surface area (Å²) >= 11 is 8.05. The van der Waals surface area contributed by atoms with Gasteiger partial charge in [0.15, 0.2) is 18.1 Å². The Hall–Kier alpha value is -3.90. The summed E-state index contributed by atoms with van der Waals surface area (Å²) in [6, 6.07) is 14.3. The molecule has 11 heteroatoms. The molecule has 206 valence electrons. The van der Waals surface area contributed by atoms with E-state index in [2.05, 4.69) is 10.6 Å². The fraction of sp³-hybridized carbons (Fsp3) is 0.172. The normalized spacial score (nSPS) is 14.3. The van der Waals surface area contributed by atoms with Crippen molar-refractivity contribution in [3.05, 3.63) is 85.5 Å². The second kappa shape index (κ2) is 12.5. The van der Waals surface area contributed by atoms with Crippen molar-refractivity contribution in [3.63, 3.8) is 0 Å². The zero-order valence-corrected chi connectivity index (χ0v) is 24.8. The topological polar surface area (TPSA) is 114 Å². The molecule has 1 saturated heterocycles. The number of aryl methyl sites for hydroxylation is 2. The van der Waals surface area contributed by atoms with Gasteiger partial charge in [0.05, 0.1) is 15.9 Å². The van der Waals surface area contributed by atoms with E-state index < -0.39 is 17.8 Å². The maximum Gasteiger partial charge on any atom is 0.335 e. The average Bonchev–Trinajstić information content (AvgIpc) is 2.88. The van der Waals surface area contributed by atoms with Crippen LogP contribution in [0.5, 0.6) is 11.5 Å². The molecule has 0 spiro atoms. The minimum absolute atomic E-state index is 0.223. The largest absolute Gasteiger partial charge is 0.490 e. The molecule has 0 atom stereocenters. The number of hydrogen-bond donors (Lipinski definition) is 2. The number of amides is 5. The van der Waals surface area contributed by atoms with Gasteiger partial charge in [-0.3, -0.25) is 19.7 Å². The summed E-state index contributed by atoms with van der Waals surface area (Å²) in [5.41, 5.74) is 3.15. The van der Waals surface area contributed by atoms with Crippen molar-refractivity contribution in [2.75, 3.05) is 23.4 Å². The molecule has 0 radical (unpaired) electrons. The fourth-order valence-electron chi connectivity index (χ4n) is 4.03. The number of benzene rings is 3. The maximum atomic E-state index is 13.2. The number of anilines is 2. The number of carbonyl (C=O) groups excluding carboxylic acids is 4. The highest BCUT2D eigenvalue weighted by Crippen LogP contribution is 2.35. The van der Waals surface area contributed by atoms with Gasteiger partial charge in [-0.2, -0.15) is 0 Å². The van der Waals surface area contributed by atoms with Crippen LogP contribution in [0.15, 0.2) is 60.2 Å². The number of nitrogens with one attached hydrogen (secondary N) is 2. The summed E-state index contributed by atoms with van der Waals surface area (Å²) in [7, 11) is 0. The van der Waals surface area contributed by atoms with Gasteiger partial charge in [-0.05, 0) is 97.0 Å². The third-order valence-electron chi connectivity index (χ3n) is 5.81. The SMILES string of the molecule is CCOc1cc(/C=C2\C(=O)NC(=O)N(c3cccc(Cl)c3)C2=O)cc(I)c1OCC(=O)Nc1ccc(C)cc1C. The number of urea groups is 1. The highest BCUT2D eigenvalue weighted by atomic mass is 127. The number of ether oxygens (including phenoxy) is 2. The molecule has 3 aromatic rings. The van der Waals surface area contributed by atoms with Gasteiger partial charge < -0.3 is 14.8 Å². The van der Waals surface area contributed by atoms with Gasteiger partial charge in [0.2, 0.25) is 0 Å². The van der Waals surface area contributed by atoms with Gasteiger partial charge in [-0.25, -0.2) is 9.69 Å². The lowest BCUT2D eigenvalue weighted by molar-refractivity contribution is -0.122. The van der Waals surface area contributed by atoms with Crippen LogP contribution in [0, 0.1) is 17.4 Å². The molecule has 3 aromatic carbocycles. The highest BCUT2D eigenvalue weighted by molar-refractivity contribution is 14.1. The Kier molecular flexibility index (Phi) is 9.10. The van der Waals surface area contributed by atoms with Crippen LogP contribution < -0.4 is 25.0 Å². The van der Waals surface area contributed by atoms with Crippen molar-refractivity contribution in [2.45, 2.75) is 20.8 Å². The van der Waals surface area contributed by atoms with Crippen LogP contribution in [0.4, 0.5) is 16.2 Å². The number of halogens is 2. The Morgan fingerprint density at radius 2 is 1.85 bits per heavy atom. The van der Waals surface area contributed by atoms with Gasteiger partial charge >= 0.3 is 6.03 Å². The van der Waals surface area contributed by atoms with E-state index in [-0.39, 0.29) is 23.8 Å².